The third-order valence-corrected chi connectivity index (χ3v) is 6.96. The van der Waals surface area contributed by atoms with Crippen LogP contribution in [0, 0.1) is 15.9 Å². The highest BCUT2D eigenvalue weighted by Crippen LogP contribution is 2.39. The second kappa shape index (κ2) is 9.63. The topological polar surface area (TPSA) is 89.8 Å². The van der Waals surface area contributed by atoms with E-state index in [2.05, 4.69) is 6.92 Å². The van der Waals surface area contributed by atoms with E-state index >= 15 is 0 Å². The van der Waals surface area contributed by atoms with Crippen LogP contribution in [0.2, 0.25) is 0 Å². The van der Waals surface area contributed by atoms with Crippen molar-refractivity contribution in [3.8, 4) is 0 Å². The lowest BCUT2D eigenvalue weighted by atomic mass is 9.99. The molecule has 0 aromatic heterocycles. The number of hydroxylamine groups is 1. The van der Waals surface area contributed by atoms with Crippen molar-refractivity contribution in [3.63, 3.8) is 0 Å². The number of nitro groups is 1. The lowest BCUT2D eigenvalue weighted by molar-refractivity contribution is -0.384. The molecule has 30 heavy (non-hydrogen) atoms. The minimum absolute atomic E-state index is 0.0635. The zero-order valence-electron chi connectivity index (χ0n) is 16.7. The Bertz CT molecular complexity index is 964. The van der Waals surface area contributed by atoms with Crippen LogP contribution in [0.1, 0.15) is 57.1 Å². The van der Waals surface area contributed by atoms with Gasteiger partial charge in [-0.05, 0) is 42.7 Å². The molecule has 1 heterocycles. The number of benzene rings is 2. The highest BCUT2D eigenvalue weighted by molar-refractivity contribution is 7.89. The van der Waals surface area contributed by atoms with Gasteiger partial charge in [-0.1, -0.05) is 49.2 Å². The molecule has 0 saturated carbocycles. The molecule has 0 spiro atoms. The number of sulfonamides is 1. The van der Waals surface area contributed by atoms with E-state index < -0.39 is 21.1 Å². The van der Waals surface area contributed by atoms with Crippen LogP contribution in [0.3, 0.4) is 0 Å². The van der Waals surface area contributed by atoms with Crippen LogP contribution in [0.4, 0.5) is 10.1 Å². The van der Waals surface area contributed by atoms with Gasteiger partial charge < -0.3 is 0 Å². The molecule has 0 unspecified atom stereocenters. The summed E-state index contributed by atoms with van der Waals surface area (Å²) in [6.07, 6.45) is 4.61. The van der Waals surface area contributed by atoms with Crippen molar-refractivity contribution in [2.45, 2.75) is 62.5 Å². The van der Waals surface area contributed by atoms with Crippen LogP contribution in [-0.2, 0) is 14.9 Å². The molecular formula is C21H25FN2O5S. The SMILES string of the molecule is CCCCCC[C@@H]1C[C@@H](c2ccc(F)cc2)ON1S(=O)(=O)c1ccc([N+](=O)[O-])cc1. The summed E-state index contributed by atoms with van der Waals surface area (Å²) in [5.41, 5.74) is 0.521. The Morgan fingerprint density at radius 1 is 1.10 bits per heavy atom. The smallest absolute Gasteiger partial charge is 0.269 e. The van der Waals surface area contributed by atoms with Crippen LogP contribution in [0.5, 0.6) is 0 Å². The van der Waals surface area contributed by atoms with Gasteiger partial charge in [0.2, 0.25) is 0 Å². The standard InChI is InChI=1S/C21H25FN2O5S/c1-2-3-4-5-6-19-15-21(16-7-9-17(22)10-8-16)29-24(19)30(27,28)20-13-11-18(12-14-20)23(25)26/h7-14,19,21H,2-6,15H2,1H3/t19-,21+/m1/s1. The first-order chi connectivity index (χ1) is 14.3. The van der Waals surface area contributed by atoms with Gasteiger partial charge in [0.25, 0.3) is 15.7 Å². The highest BCUT2D eigenvalue weighted by Gasteiger charge is 2.42. The third-order valence-electron chi connectivity index (χ3n) is 5.23. The van der Waals surface area contributed by atoms with Gasteiger partial charge in [-0.15, -0.1) is 0 Å². The largest absolute Gasteiger partial charge is 0.276 e. The van der Waals surface area contributed by atoms with Gasteiger partial charge in [0, 0.05) is 12.1 Å². The predicted octanol–water partition coefficient (Wildman–Crippen LogP) is 5.14. The first-order valence-corrected chi connectivity index (χ1v) is 11.5. The molecule has 0 bridgehead atoms. The Morgan fingerprint density at radius 3 is 2.37 bits per heavy atom. The van der Waals surface area contributed by atoms with Crippen molar-refractivity contribution >= 4 is 15.7 Å². The molecule has 0 aliphatic carbocycles. The molecule has 2 aromatic rings. The summed E-state index contributed by atoms with van der Waals surface area (Å²) in [5, 5.41) is 10.9. The fourth-order valence-corrected chi connectivity index (χ4v) is 5.08. The molecule has 9 heteroatoms. The Hall–Kier alpha value is -2.36. The minimum Gasteiger partial charge on any atom is -0.276 e. The van der Waals surface area contributed by atoms with Gasteiger partial charge >= 0.3 is 0 Å². The van der Waals surface area contributed by atoms with Gasteiger partial charge in [0.05, 0.1) is 15.9 Å². The third kappa shape index (κ3) is 5.03. The zero-order chi connectivity index (χ0) is 21.7. The maximum Gasteiger partial charge on any atom is 0.269 e. The number of non-ortho nitro benzene ring substituents is 1. The van der Waals surface area contributed by atoms with Crippen molar-refractivity contribution in [1.82, 2.24) is 4.47 Å². The summed E-state index contributed by atoms with van der Waals surface area (Å²) < 4.78 is 40.7. The quantitative estimate of drug-likeness (QED) is 0.308. The molecule has 1 saturated heterocycles. The van der Waals surface area contributed by atoms with E-state index in [9.17, 15) is 22.9 Å². The number of halogens is 1. The maximum atomic E-state index is 13.3. The number of rotatable bonds is 9. The van der Waals surface area contributed by atoms with E-state index in [0.29, 0.717) is 18.4 Å². The number of unbranched alkanes of at least 4 members (excludes halogenated alkanes) is 3. The first-order valence-electron chi connectivity index (χ1n) is 10.0. The van der Waals surface area contributed by atoms with Gasteiger partial charge in [-0.2, -0.15) is 0 Å². The zero-order valence-corrected chi connectivity index (χ0v) is 17.6. The Morgan fingerprint density at radius 2 is 1.77 bits per heavy atom. The molecule has 1 fully saturated rings. The van der Waals surface area contributed by atoms with Crippen LogP contribution >= 0.6 is 0 Å². The van der Waals surface area contributed by atoms with Gasteiger partial charge in [-0.25, -0.2) is 12.8 Å². The molecule has 3 rings (SSSR count). The molecule has 2 aromatic carbocycles. The average Bonchev–Trinajstić information content (AvgIpc) is 3.17. The molecule has 1 aliphatic heterocycles. The summed E-state index contributed by atoms with van der Waals surface area (Å²) in [7, 11) is -4.01. The van der Waals surface area contributed by atoms with E-state index in [1.54, 1.807) is 12.1 Å². The van der Waals surface area contributed by atoms with Crippen molar-refractivity contribution < 1.29 is 22.6 Å². The molecule has 0 N–H and O–H groups in total. The van der Waals surface area contributed by atoms with Crippen molar-refractivity contribution in [2.24, 2.45) is 0 Å². The van der Waals surface area contributed by atoms with Crippen LogP contribution in [-0.4, -0.2) is 23.9 Å². The second-order valence-electron chi connectivity index (χ2n) is 7.40. The lowest BCUT2D eigenvalue weighted by Crippen LogP contribution is -2.34. The van der Waals surface area contributed by atoms with Gasteiger partial charge in [0.15, 0.2) is 0 Å². The molecule has 2 atom stereocenters. The van der Waals surface area contributed by atoms with E-state index in [1.807, 2.05) is 0 Å². The molecule has 162 valence electrons. The Labute approximate surface area is 175 Å². The van der Waals surface area contributed by atoms with E-state index in [4.69, 9.17) is 4.84 Å². The van der Waals surface area contributed by atoms with Crippen LogP contribution < -0.4 is 0 Å². The fraction of sp³-hybridized carbons (Fsp3) is 0.429. The van der Waals surface area contributed by atoms with Gasteiger partial charge in [-0.3, -0.25) is 15.0 Å². The molecule has 0 amide bonds. The summed E-state index contributed by atoms with van der Waals surface area (Å²) >= 11 is 0. The summed E-state index contributed by atoms with van der Waals surface area (Å²) in [6, 6.07) is 10.2. The second-order valence-corrected chi connectivity index (χ2v) is 9.18. The predicted molar refractivity (Wildman–Crippen MR) is 110 cm³/mol. The maximum absolute atomic E-state index is 13.3. The minimum atomic E-state index is -4.01. The van der Waals surface area contributed by atoms with E-state index in [1.165, 1.54) is 24.3 Å². The number of nitrogens with zero attached hydrogens (tertiary/aromatic N) is 2. The Kier molecular flexibility index (Phi) is 7.17. The monoisotopic (exact) mass is 436 g/mol. The van der Waals surface area contributed by atoms with Crippen molar-refractivity contribution in [2.75, 3.05) is 0 Å². The lowest BCUT2D eigenvalue weighted by Gasteiger charge is -2.22. The number of hydrogen-bond acceptors (Lipinski definition) is 5. The first kappa shape index (κ1) is 22.3. The molecule has 0 radical (unpaired) electrons. The normalized spacial score (nSPS) is 19.8. The number of hydrogen-bond donors (Lipinski definition) is 0. The van der Waals surface area contributed by atoms with E-state index in [-0.39, 0.29) is 22.4 Å². The van der Waals surface area contributed by atoms with Crippen LogP contribution in [0.15, 0.2) is 53.4 Å². The van der Waals surface area contributed by atoms with Crippen molar-refractivity contribution in [1.29, 1.82) is 0 Å². The molecule has 7 nitrogen and oxygen atoms in total. The molecular weight excluding hydrogens is 411 g/mol. The number of nitro benzene ring substituents is 1. The summed E-state index contributed by atoms with van der Waals surface area (Å²) in [4.78, 5) is 16.1. The Balaban J connectivity index is 1.84. The summed E-state index contributed by atoms with van der Waals surface area (Å²) in [6.45, 7) is 2.11. The summed E-state index contributed by atoms with van der Waals surface area (Å²) in [5.74, 6) is -0.372. The van der Waals surface area contributed by atoms with E-state index in [0.717, 1.165) is 42.3 Å². The van der Waals surface area contributed by atoms with Gasteiger partial charge in [0.1, 0.15) is 11.9 Å². The average molecular weight is 437 g/mol. The van der Waals surface area contributed by atoms with Crippen LogP contribution in [0.25, 0.3) is 0 Å². The van der Waals surface area contributed by atoms with Crippen molar-refractivity contribution in [3.05, 3.63) is 70.0 Å². The molecule has 1 aliphatic rings. The fourth-order valence-electron chi connectivity index (χ4n) is 3.59. The highest BCUT2D eigenvalue weighted by atomic mass is 32.2.